The Hall–Kier alpha value is -1.43. The van der Waals surface area contributed by atoms with E-state index >= 15 is 0 Å². The van der Waals surface area contributed by atoms with Crippen molar-refractivity contribution in [3.8, 4) is 0 Å². The molecule has 0 saturated carbocycles. The predicted molar refractivity (Wildman–Crippen MR) is 77.0 cm³/mol. The molecule has 0 aliphatic heterocycles. The summed E-state index contributed by atoms with van der Waals surface area (Å²) in [6.07, 6.45) is 2.18. The van der Waals surface area contributed by atoms with Gasteiger partial charge in [0, 0.05) is 19.6 Å². The minimum Gasteiger partial charge on any atom is -0.366 e. The Balaban J connectivity index is 2.51. The molecule has 19 heavy (non-hydrogen) atoms. The topological polar surface area (TPSA) is 53.1 Å². The molecule has 2 N–H and O–H groups in total. The normalized spacial score (nSPS) is 10.8. The van der Waals surface area contributed by atoms with Crippen molar-refractivity contribution in [2.45, 2.75) is 27.2 Å². The lowest BCUT2D eigenvalue weighted by molar-refractivity contribution is 0.315. The molecular weight excluding hydrogens is 245 g/mol. The summed E-state index contributed by atoms with van der Waals surface area (Å²) in [6.45, 7) is 10.6. The van der Waals surface area contributed by atoms with Crippen LogP contribution in [-0.2, 0) is 0 Å². The van der Waals surface area contributed by atoms with Gasteiger partial charge in [-0.25, -0.2) is 9.37 Å². The first-order valence-corrected chi connectivity index (χ1v) is 6.93. The second-order valence-corrected chi connectivity index (χ2v) is 4.27. The van der Waals surface area contributed by atoms with E-state index in [1.54, 1.807) is 0 Å². The molecule has 0 aliphatic rings. The van der Waals surface area contributed by atoms with Crippen LogP contribution in [0.5, 0.6) is 0 Å². The van der Waals surface area contributed by atoms with Gasteiger partial charge in [-0.15, -0.1) is 0 Å². The highest BCUT2D eigenvalue weighted by Crippen LogP contribution is 2.11. The summed E-state index contributed by atoms with van der Waals surface area (Å²) in [7, 11) is 0. The minimum atomic E-state index is -0.415. The van der Waals surface area contributed by atoms with Gasteiger partial charge < -0.3 is 15.5 Å². The molecule has 108 valence electrons. The standard InChI is InChI=1S/C13H24FN5/c1-4-7-16-13-17-10-11(14)12(18-13)15-8-9-19(5-2)6-3/h10H,4-9H2,1-3H3,(H2,15,16,17,18). The number of hydrogen-bond acceptors (Lipinski definition) is 5. The van der Waals surface area contributed by atoms with Crippen molar-refractivity contribution in [3.05, 3.63) is 12.0 Å². The van der Waals surface area contributed by atoms with Crippen LogP contribution in [0.4, 0.5) is 16.2 Å². The Morgan fingerprint density at radius 3 is 2.53 bits per heavy atom. The Kier molecular flexibility index (Phi) is 7.10. The summed E-state index contributed by atoms with van der Waals surface area (Å²) in [5.41, 5.74) is 0. The van der Waals surface area contributed by atoms with Crippen LogP contribution in [0, 0.1) is 5.82 Å². The van der Waals surface area contributed by atoms with E-state index in [2.05, 4.69) is 46.3 Å². The molecule has 1 aromatic rings. The maximum atomic E-state index is 13.6. The molecule has 0 bridgehead atoms. The van der Waals surface area contributed by atoms with Crippen molar-refractivity contribution in [1.29, 1.82) is 0 Å². The van der Waals surface area contributed by atoms with Gasteiger partial charge in [0.2, 0.25) is 5.95 Å². The van der Waals surface area contributed by atoms with E-state index in [0.717, 1.165) is 32.6 Å². The number of nitrogens with one attached hydrogen (secondary N) is 2. The Morgan fingerprint density at radius 2 is 1.89 bits per heavy atom. The molecule has 0 radical (unpaired) electrons. The van der Waals surface area contributed by atoms with E-state index in [4.69, 9.17) is 0 Å². The number of halogens is 1. The molecule has 0 fully saturated rings. The summed E-state index contributed by atoms with van der Waals surface area (Å²) in [4.78, 5) is 10.3. The number of hydrogen-bond donors (Lipinski definition) is 2. The molecule has 0 amide bonds. The quantitative estimate of drug-likeness (QED) is 0.720. The summed E-state index contributed by atoms with van der Waals surface area (Å²) < 4.78 is 13.6. The fourth-order valence-electron chi connectivity index (χ4n) is 1.69. The summed E-state index contributed by atoms with van der Waals surface area (Å²) in [5, 5.41) is 6.07. The molecule has 0 spiro atoms. The number of anilines is 2. The van der Waals surface area contributed by atoms with Crippen LogP contribution in [0.1, 0.15) is 27.2 Å². The van der Waals surface area contributed by atoms with Crippen molar-refractivity contribution in [2.75, 3.05) is 43.4 Å². The minimum absolute atomic E-state index is 0.265. The van der Waals surface area contributed by atoms with Gasteiger partial charge >= 0.3 is 0 Å². The molecular formula is C13H24FN5. The first kappa shape index (κ1) is 15.6. The van der Waals surface area contributed by atoms with Gasteiger partial charge in [0.15, 0.2) is 11.6 Å². The molecule has 0 saturated heterocycles. The molecule has 0 atom stereocenters. The number of likely N-dealkylation sites (N-methyl/N-ethyl adjacent to an activating group) is 1. The average molecular weight is 269 g/mol. The Bertz CT molecular complexity index is 368. The molecule has 0 aromatic carbocycles. The van der Waals surface area contributed by atoms with E-state index in [1.807, 2.05) is 0 Å². The molecule has 5 nitrogen and oxygen atoms in total. The van der Waals surface area contributed by atoms with Crippen molar-refractivity contribution in [3.63, 3.8) is 0 Å². The van der Waals surface area contributed by atoms with E-state index in [-0.39, 0.29) is 5.82 Å². The van der Waals surface area contributed by atoms with Gasteiger partial charge in [-0.3, -0.25) is 0 Å². The largest absolute Gasteiger partial charge is 0.366 e. The smallest absolute Gasteiger partial charge is 0.224 e. The second-order valence-electron chi connectivity index (χ2n) is 4.27. The molecule has 1 aromatic heterocycles. The summed E-state index contributed by atoms with van der Waals surface area (Å²) in [5.74, 6) is 0.316. The fraction of sp³-hybridized carbons (Fsp3) is 0.692. The SMILES string of the molecule is CCCNc1ncc(F)c(NCCN(CC)CC)n1. The molecule has 1 rings (SSSR count). The number of aromatic nitrogens is 2. The molecule has 6 heteroatoms. The lowest BCUT2D eigenvalue weighted by atomic mass is 10.4. The van der Waals surface area contributed by atoms with E-state index in [1.165, 1.54) is 6.20 Å². The maximum Gasteiger partial charge on any atom is 0.224 e. The van der Waals surface area contributed by atoms with Crippen LogP contribution in [0.15, 0.2) is 6.20 Å². The number of rotatable bonds is 9. The van der Waals surface area contributed by atoms with Gasteiger partial charge in [-0.1, -0.05) is 20.8 Å². The highest BCUT2D eigenvalue weighted by Gasteiger charge is 2.06. The van der Waals surface area contributed by atoms with Gasteiger partial charge in [0.25, 0.3) is 0 Å². The van der Waals surface area contributed by atoms with Crippen LogP contribution >= 0.6 is 0 Å². The highest BCUT2D eigenvalue weighted by molar-refractivity contribution is 5.40. The second kappa shape index (κ2) is 8.63. The van der Waals surface area contributed by atoms with Crippen LogP contribution in [0.25, 0.3) is 0 Å². The van der Waals surface area contributed by atoms with Crippen LogP contribution < -0.4 is 10.6 Å². The first-order valence-electron chi connectivity index (χ1n) is 6.93. The van der Waals surface area contributed by atoms with Crippen LogP contribution in [0.2, 0.25) is 0 Å². The van der Waals surface area contributed by atoms with Crippen molar-refractivity contribution in [2.24, 2.45) is 0 Å². The summed E-state index contributed by atoms with van der Waals surface area (Å²) >= 11 is 0. The van der Waals surface area contributed by atoms with Gasteiger partial charge in [-0.05, 0) is 19.5 Å². The Morgan fingerprint density at radius 1 is 1.16 bits per heavy atom. The molecule has 0 unspecified atom stereocenters. The zero-order valence-electron chi connectivity index (χ0n) is 12.0. The predicted octanol–water partition coefficient (Wildman–Crippen LogP) is 2.19. The third-order valence-electron chi connectivity index (χ3n) is 2.89. The first-order chi connectivity index (χ1) is 9.21. The van der Waals surface area contributed by atoms with Crippen molar-refractivity contribution >= 4 is 11.8 Å². The maximum absolute atomic E-state index is 13.6. The zero-order valence-corrected chi connectivity index (χ0v) is 12.0. The molecule has 0 aliphatic carbocycles. The van der Waals surface area contributed by atoms with Gasteiger partial charge in [-0.2, -0.15) is 4.98 Å². The van der Waals surface area contributed by atoms with E-state index in [0.29, 0.717) is 12.5 Å². The fourth-order valence-corrected chi connectivity index (χ4v) is 1.69. The van der Waals surface area contributed by atoms with Crippen molar-refractivity contribution in [1.82, 2.24) is 14.9 Å². The Labute approximate surface area is 114 Å². The lowest BCUT2D eigenvalue weighted by Gasteiger charge is -2.18. The van der Waals surface area contributed by atoms with Gasteiger partial charge in [0.05, 0.1) is 6.20 Å². The highest BCUT2D eigenvalue weighted by atomic mass is 19.1. The monoisotopic (exact) mass is 269 g/mol. The van der Waals surface area contributed by atoms with Gasteiger partial charge in [0.1, 0.15) is 0 Å². The van der Waals surface area contributed by atoms with E-state index in [9.17, 15) is 4.39 Å². The van der Waals surface area contributed by atoms with Crippen molar-refractivity contribution < 1.29 is 4.39 Å². The third-order valence-corrected chi connectivity index (χ3v) is 2.89. The number of nitrogens with zero attached hydrogens (tertiary/aromatic N) is 3. The van der Waals surface area contributed by atoms with E-state index < -0.39 is 5.82 Å². The lowest BCUT2D eigenvalue weighted by Crippen LogP contribution is -2.29. The average Bonchev–Trinajstić information content (AvgIpc) is 2.44. The molecule has 1 heterocycles. The van der Waals surface area contributed by atoms with Crippen LogP contribution in [0.3, 0.4) is 0 Å². The summed E-state index contributed by atoms with van der Waals surface area (Å²) in [6, 6.07) is 0. The third kappa shape index (κ3) is 5.38. The zero-order chi connectivity index (χ0) is 14.1. The van der Waals surface area contributed by atoms with Crippen LogP contribution in [-0.4, -0.2) is 47.6 Å².